The highest BCUT2D eigenvalue weighted by Gasteiger charge is 2.14. The molecule has 0 radical (unpaired) electrons. The number of hydrogen-bond acceptors (Lipinski definition) is 2. The maximum absolute atomic E-state index is 5.56. The third-order valence-electron chi connectivity index (χ3n) is 3.76. The van der Waals surface area contributed by atoms with Crippen LogP contribution in [0.4, 0.5) is 0 Å². The Hall–Kier alpha value is -2.59. The molecule has 0 bridgehead atoms. The lowest BCUT2D eigenvalue weighted by atomic mass is 9.99. The SMILES string of the molecule is Cc1ccc(CNC(=S)NC(c2ccccc2)c2ccccc2)o1. The van der Waals surface area contributed by atoms with Crippen molar-refractivity contribution in [1.82, 2.24) is 10.6 Å². The van der Waals surface area contributed by atoms with Crippen LogP contribution in [0.3, 0.4) is 0 Å². The topological polar surface area (TPSA) is 37.2 Å². The zero-order valence-corrected chi connectivity index (χ0v) is 14.3. The first-order valence-corrected chi connectivity index (χ1v) is 8.33. The number of rotatable bonds is 5. The van der Waals surface area contributed by atoms with Gasteiger partial charge in [-0.1, -0.05) is 60.7 Å². The standard InChI is InChI=1S/C20H20N2OS/c1-15-12-13-18(23-15)14-21-20(24)22-19(16-8-4-2-5-9-16)17-10-6-3-7-11-17/h2-13,19H,14H2,1H3,(H2,21,22,24). The van der Waals surface area contributed by atoms with E-state index in [0.29, 0.717) is 11.7 Å². The minimum Gasteiger partial charge on any atom is -0.465 e. The number of furan rings is 1. The van der Waals surface area contributed by atoms with Crippen LogP contribution >= 0.6 is 12.2 Å². The van der Waals surface area contributed by atoms with Crippen molar-refractivity contribution in [3.8, 4) is 0 Å². The first-order chi connectivity index (χ1) is 11.7. The van der Waals surface area contributed by atoms with Gasteiger partial charge in [-0.25, -0.2) is 0 Å². The van der Waals surface area contributed by atoms with Crippen molar-refractivity contribution in [3.05, 3.63) is 95.4 Å². The Labute approximate surface area is 147 Å². The zero-order chi connectivity index (χ0) is 16.8. The van der Waals surface area contributed by atoms with E-state index in [2.05, 4.69) is 34.9 Å². The number of thiocarbonyl (C=S) groups is 1. The molecule has 3 nitrogen and oxygen atoms in total. The maximum atomic E-state index is 5.56. The Kier molecular flexibility index (Phi) is 5.29. The molecule has 2 N–H and O–H groups in total. The van der Waals surface area contributed by atoms with E-state index in [9.17, 15) is 0 Å². The Bertz CT molecular complexity index is 744. The Morgan fingerprint density at radius 1 is 0.917 bits per heavy atom. The van der Waals surface area contributed by atoms with Gasteiger partial charge >= 0.3 is 0 Å². The van der Waals surface area contributed by atoms with Gasteiger partial charge in [-0.3, -0.25) is 0 Å². The minimum absolute atomic E-state index is 0.00531. The fourth-order valence-corrected chi connectivity index (χ4v) is 2.77. The van der Waals surface area contributed by atoms with Gasteiger partial charge < -0.3 is 15.1 Å². The second-order valence-electron chi connectivity index (χ2n) is 5.59. The van der Waals surface area contributed by atoms with Gasteiger partial charge in [0.25, 0.3) is 0 Å². The number of aryl methyl sites for hydroxylation is 1. The lowest BCUT2D eigenvalue weighted by Crippen LogP contribution is -2.37. The quantitative estimate of drug-likeness (QED) is 0.680. The first kappa shape index (κ1) is 16.3. The molecule has 0 fully saturated rings. The third kappa shape index (κ3) is 4.24. The molecular weight excluding hydrogens is 316 g/mol. The van der Waals surface area contributed by atoms with Crippen molar-refractivity contribution in [3.63, 3.8) is 0 Å². The molecule has 0 amide bonds. The summed E-state index contributed by atoms with van der Waals surface area (Å²) in [6, 6.07) is 24.5. The molecule has 0 unspecified atom stereocenters. The van der Waals surface area contributed by atoms with Gasteiger partial charge in [-0.05, 0) is 42.4 Å². The van der Waals surface area contributed by atoms with Crippen LogP contribution in [0.15, 0.2) is 77.2 Å². The largest absolute Gasteiger partial charge is 0.465 e. The van der Waals surface area contributed by atoms with E-state index in [1.807, 2.05) is 55.5 Å². The second kappa shape index (κ2) is 7.79. The molecule has 3 rings (SSSR count). The summed E-state index contributed by atoms with van der Waals surface area (Å²) in [6.07, 6.45) is 0. The van der Waals surface area contributed by atoms with E-state index < -0.39 is 0 Å². The molecule has 0 atom stereocenters. The molecule has 4 heteroatoms. The number of benzene rings is 2. The molecule has 0 aliphatic heterocycles. The van der Waals surface area contributed by atoms with Crippen LogP contribution in [-0.2, 0) is 6.54 Å². The Morgan fingerprint density at radius 2 is 1.50 bits per heavy atom. The highest BCUT2D eigenvalue weighted by Crippen LogP contribution is 2.21. The molecule has 0 aliphatic carbocycles. The minimum atomic E-state index is 0.00531. The third-order valence-corrected chi connectivity index (χ3v) is 4.02. The van der Waals surface area contributed by atoms with Gasteiger partial charge in [0.1, 0.15) is 11.5 Å². The van der Waals surface area contributed by atoms with Crippen LogP contribution in [0.5, 0.6) is 0 Å². The summed E-state index contributed by atoms with van der Waals surface area (Å²) >= 11 is 5.47. The first-order valence-electron chi connectivity index (χ1n) is 7.92. The molecule has 0 aliphatic rings. The van der Waals surface area contributed by atoms with E-state index in [1.165, 1.54) is 11.1 Å². The lowest BCUT2D eigenvalue weighted by Gasteiger charge is -2.21. The van der Waals surface area contributed by atoms with Crippen molar-refractivity contribution in [2.45, 2.75) is 19.5 Å². The van der Waals surface area contributed by atoms with E-state index in [-0.39, 0.29) is 6.04 Å². The van der Waals surface area contributed by atoms with E-state index >= 15 is 0 Å². The van der Waals surface area contributed by atoms with Crippen molar-refractivity contribution in [2.24, 2.45) is 0 Å². The molecule has 24 heavy (non-hydrogen) atoms. The summed E-state index contributed by atoms with van der Waals surface area (Å²) in [5, 5.41) is 7.21. The summed E-state index contributed by atoms with van der Waals surface area (Å²) in [5.74, 6) is 1.77. The van der Waals surface area contributed by atoms with Crippen LogP contribution in [0, 0.1) is 6.92 Å². The van der Waals surface area contributed by atoms with Gasteiger partial charge in [-0.15, -0.1) is 0 Å². The average molecular weight is 336 g/mol. The van der Waals surface area contributed by atoms with E-state index in [0.717, 1.165) is 11.5 Å². The van der Waals surface area contributed by atoms with Crippen LogP contribution in [0.2, 0.25) is 0 Å². The molecule has 0 saturated heterocycles. The molecular formula is C20H20N2OS. The number of hydrogen-bond donors (Lipinski definition) is 2. The van der Waals surface area contributed by atoms with Crippen molar-refractivity contribution >= 4 is 17.3 Å². The predicted molar refractivity (Wildman–Crippen MR) is 101 cm³/mol. The van der Waals surface area contributed by atoms with Crippen LogP contribution in [-0.4, -0.2) is 5.11 Å². The fraction of sp³-hybridized carbons (Fsp3) is 0.150. The lowest BCUT2D eigenvalue weighted by molar-refractivity contribution is 0.477. The van der Waals surface area contributed by atoms with Gasteiger partial charge in [0.15, 0.2) is 5.11 Å². The van der Waals surface area contributed by atoms with Crippen LogP contribution in [0.1, 0.15) is 28.7 Å². The monoisotopic (exact) mass is 336 g/mol. The highest BCUT2D eigenvalue weighted by atomic mass is 32.1. The molecule has 3 aromatic rings. The van der Waals surface area contributed by atoms with Crippen LogP contribution < -0.4 is 10.6 Å². The van der Waals surface area contributed by atoms with Gasteiger partial charge in [0.2, 0.25) is 0 Å². The Balaban J connectivity index is 1.71. The fourth-order valence-electron chi connectivity index (χ4n) is 2.58. The average Bonchev–Trinajstić information content (AvgIpc) is 3.05. The second-order valence-corrected chi connectivity index (χ2v) is 6.00. The molecule has 1 aromatic heterocycles. The van der Waals surface area contributed by atoms with Gasteiger partial charge in [0.05, 0.1) is 12.6 Å². The van der Waals surface area contributed by atoms with E-state index in [1.54, 1.807) is 0 Å². The summed E-state index contributed by atoms with van der Waals surface area (Å²) in [6.45, 7) is 2.50. The van der Waals surface area contributed by atoms with Crippen LogP contribution in [0.25, 0.3) is 0 Å². The molecule has 0 spiro atoms. The normalized spacial score (nSPS) is 10.6. The van der Waals surface area contributed by atoms with Crippen molar-refractivity contribution < 1.29 is 4.42 Å². The smallest absolute Gasteiger partial charge is 0.167 e. The summed E-state index contributed by atoms with van der Waals surface area (Å²) in [5.41, 5.74) is 2.34. The van der Waals surface area contributed by atoms with Crippen molar-refractivity contribution in [1.29, 1.82) is 0 Å². The molecule has 2 aromatic carbocycles. The van der Waals surface area contributed by atoms with Gasteiger partial charge in [-0.2, -0.15) is 0 Å². The number of nitrogens with one attached hydrogen (secondary N) is 2. The molecule has 1 heterocycles. The maximum Gasteiger partial charge on any atom is 0.167 e. The summed E-state index contributed by atoms with van der Waals surface area (Å²) in [4.78, 5) is 0. The van der Waals surface area contributed by atoms with Gasteiger partial charge in [0, 0.05) is 0 Å². The van der Waals surface area contributed by atoms with Crippen molar-refractivity contribution in [2.75, 3.05) is 0 Å². The predicted octanol–water partition coefficient (Wildman–Crippen LogP) is 4.34. The summed E-state index contributed by atoms with van der Waals surface area (Å²) in [7, 11) is 0. The molecule has 122 valence electrons. The molecule has 0 saturated carbocycles. The van der Waals surface area contributed by atoms with E-state index in [4.69, 9.17) is 16.6 Å². The zero-order valence-electron chi connectivity index (χ0n) is 13.5. The highest BCUT2D eigenvalue weighted by molar-refractivity contribution is 7.80. The Morgan fingerprint density at radius 3 is 2.00 bits per heavy atom. The summed E-state index contributed by atoms with van der Waals surface area (Å²) < 4.78 is 5.56.